The minimum Gasteiger partial charge on any atom is -0.507 e. The van der Waals surface area contributed by atoms with Crippen LogP contribution in [0.2, 0.25) is 0 Å². The number of rotatable bonds is 4. The Labute approximate surface area is 158 Å². The van der Waals surface area contributed by atoms with Crippen molar-refractivity contribution in [3.8, 4) is 17.3 Å². The number of aromatic nitrogens is 2. The largest absolute Gasteiger partial charge is 0.507 e. The summed E-state index contributed by atoms with van der Waals surface area (Å²) in [6.07, 6.45) is 1.00. The molecular weight excluding hydrogens is 368 g/mol. The Morgan fingerprint density at radius 1 is 1.11 bits per heavy atom. The highest BCUT2D eigenvalue weighted by atomic mass is 32.1. The lowest BCUT2D eigenvalue weighted by Gasteiger charge is -2.10. The van der Waals surface area contributed by atoms with Crippen LogP contribution in [0.15, 0.2) is 64.5 Å². The molecule has 0 aliphatic rings. The third-order valence-electron chi connectivity index (χ3n) is 3.64. The summed E-state index contributed by atoms with van der Waals surface area (Å²) >= 11 is 5.11. The summed E-state index contributed by atoms with van der Waals surface area (Å²) in [6.45, 7) is 0. The Bertz CT molecular complexity index is 1140. The Balaban J connectivity index is 1.92. The molecule has 0 saturated heterocycles. The maximum atomic E-state index is 12.1. The number of aromatic amines is 1. The molecule has 4 N–H and O–H groups in total. The summed E-state index contributed by atoms with van der Waals surface area (Å²) in [7, 11) is 0. The normalized spacial score (nSPS) is 10.8. The second-order valence-electron chi connectivity index (χ2n) is 5.38. The number of H-pyrrole nitrogens is 1. The molecule has 0 aliphatic heterocycles. The zero-order chi connectivity index (χ0) is 19.4. The first kappa shape index (κ1) is 18.1. The number of hydrogen-bond acceptors (Lipinski definition) is 6. The molecule has 8 nitrogen and oxygen atoms in total. The first-order valence-corrected chi connectivity index (χ1v) is 8.15. The number of carbonyl (C=O) groups excluding carboxylic acids is 1. The Kier molecular flexibility index (Phi) is 5.13. The number of carbonyl (C=O) groups is 1. The third-order valence-corrected chi connectivity index (χ3v) is 3.93. The predicted molar refractivity (Wildman–Crippen MR) is 102 cm³/mol. The summed E-state index contributed by atoms with van der Waals surface area (Å²) in [4.78, 5) is 26.6. The maximum Gasteiger partial charge on any atom is 0.275 e. The van der Waals surface area contributed by atoms with Gasteiger partial charge in [0.25, 0.3) is 11.5 Å². The van der Waals surface area contributed by atoms with E-state index in [1.165, 1.54) is 16.7 Å². The lowest BCUT2D eigenvalue weighted by Crippen LogP contribution is -2.21. The van der Waals surface area contributed by atoms with E-state index < -0.39 is 17.3 Å². The average Bonchev–Trinajstić information content (AvgIpc) is 2.65. The van der Waals surface area contributed by atoms with Crippen LogP contribution in [0.5, 0.6) is 11.6 Å². The number of amides is 1. The number of phenols is 1. The van der Waals surface area contributed by atoms with E-state index in [2.05, 4.69) is 15.5 Å². The number of hydrazone groups is 1. The fourth-order valence-electron chi connectivity index (χ4n) is 2.35. The Morgan fingerprint density at radius 2 is 1.78 bits per heavy atom. The predicted octanol–water partition coefficient (Wildman–Crippen LogP) is 2.07. The number of para-hydroxylation sites is 2. The third kappa shape index (κ3) is 3.77. The van der Waals surface area contributed by atoms with Gasteiger partial charge in [0.2, 0.25) is 5.88 Å². The van der Waals surface area contributed by atoms with E-state index in [4.69, 9.17) is 12.2 Å². The molecular formula is C18H14N4O4S. The van der Waals surface area contributed by atoms with Gasteiger partial charge in [-0.05, 0) is 36.5 Å². The minimum atomic E-state index is -0.670. The Hall–Kier alpha value is -3.72. The number of aromatic hydroxyl groups is 2. The summed E-state index contributed by atoms with van der Waals surface area (Å²) < 4.78 is 1.28. The van der Waals surface area contributed by atoms with E-state index >= 15 is 0 Å². The van der Waals surface area contributed by atoms with E-state index in [9.17, 15) is 19.8 Å². The second kappa shape index (κ2) is 7.67. The zero-order valence-corrected chi connectivity index (χ0v) is 14.6. The quantitative estimate of drug-likeness (QED) is 0.313. The van der Waals surface area contributed by atoms with E-state index in [0.717, 1.165) is 6.21 Å². The van der Waals surface area contributed by atoms with Gasteiger partial charge in [-0.1, -0.05) is 30.3 Å². The van der Waals surface area contributed by atoms with E-state index in [1.54, 1.807) is 42.5 Å². The maximum absolute atomic E-state index is 12.1. The summed E-state index contributed by atoms with van der Waals surface area (Å²) in [6, 6.07) is 14.6. The topological polar surface area (TPSA) is 120 Å². The monoisotopic (exact) mass is 382 g/mol. The molecule has 1 aromatic heterocycles. The smallest absolute Gasteiger partial charge is 0.275 e. The standard InChI is InChI=1S/C18H14N4O4S/c23-14-9-5-4-8-12(14)16(25)21-19-10-13-15(24)20-18(27)22(17(13)26)11-6-2-1-3-7-11/h1-10,23,26H,(H,21,25)(H,20,24,27). The summed E-state index contributed by atoms with van der Waals surface area (Å²) in [5, 5.41) is 23.8. The number of hydrogen-bond donors (Lipinski definition) is 4. The van der Waals surface area contributed by atoms with Crippen LogP contribution < -0.4 is 11.0 Å². The van der Waals surface area contributed by atoms with Crippen molar-refractivity contribution < 1.29 is 15.0 Å². The fraction of sp³-hybridized carbons (Fsp3) is 0. The molecule has 1 amide bonds. The van der Waals surface area contributed by atoms with Gasteiger partial charge >= 0.3 is 0 Å². The van der Waals surface area contributed by atoms with Gasteiger partial charge in [0.05, 0.1) is 17.5 Å². The SMILES string of the molecule is O=C(NN=Cc1c(O)n(-c2ccccc2)c(=S)[nH]c1=O)c1ccccc1O. The van der Waals surface area contributed by atoms with Crippen molar-refractivity contribution in [3.63, 3.8) is 0 Å². The molecule has 0 atom stereocenters. The first-order chi connectivity index (χ1) is 13.0. The van der Waals surface area contributed by atoms with Crippen LogP contribution in [0.3, 0.4) is 0 Å². The fourth-order valence-corrected chi connectivity index (χ4v) is 2.64. The average molecular weight is 382 g/mol. The number of nitrogens with zero attached hydrogens (tertiary/aromatic N) is 2. The van der Waals surface area contributed by atoms with Crippen molar-refractivity contribution in [3.05, 3.63) is 80.8 Å². The molecule has 3 rings (SSSR count). The van der Waals surface area contributed by atoms with Gasteiger partial charge in [-0.3, -0.25) is 19.1 Å². The molecule has 2 aromatic carbocycles. The zero-order valence-electron chi connectivity index (χ0n) is 13.8. The molecule has 0 aliphatic carbocycles. The van der Waals surface area contributed by atoms with Crippen LogP contribution in [0, 0.1) is 4.77 Å². The number of phenolic OH excluding ortho intramolecular Hbond substituents is 1. The van der Waals surface area contributed by atoms with Crippen LogP contribution in [-0.2, 0) is 0 Å². The van der Waals surface area contributed by atoms with Crippen LogP contribution in [0.25, 0.3) is 5.69 Å². The van der Waals surface area contributed by atoms with Crippen LogP contribution in [0.4, 0.5) is 0 Å². The van der Waals surface area contributed by atoms with E-state index in [-0.39, 0.29) is 21.6 Å². The summed E-state index contributed by atoms with van der Waals surface area (Å²) in [5.74, 6) is -1.30. The van der Waals surface area contributed by atoms with Crippen LogP contribution >= 0.6 is 12.2 Å². The molecule has 0 saturated carbocycles. The number of nitrogens with one attached hydrogen (secondary N) is 2. The minimum absolute atomic E-state index is 0.0130. The van der Waals surface area contributed by atoms with Gasteiger partial charge in [-0.2, -0.15) is 5.10 Å². The molecule has 0 bridgehead atoms. The highest BCUT2D eigenvalue weighted by molar-refractivity contribution is 7.71. The lowest BCUT2D eigenvalue weighted by molar-refractivity contribution is 0.0952. The molecule has 27 heavy (non-hydrogen) atoms. The highest BCUT2D eigenvalue weighted by Crippen LogP contribution is 2.18. The van der Waals surface area contributed by atoms with Gasteiger partial charge in [-0.25, -0.2) is 5.43 Å². The summed E-state index contributed by atoms with van der Waals surface area (Å²) in [5.41, 5.74) is 1.90. The van der Waals surface area contributed by atoms with Crippen LogP contribution in [-0.4, -0.2) is 31.9 Å². The highest BCUT2D eigenvalue weighted by Gasteiger charge is 2.13. The van der Waals surface area contributed by atoms with E-state index in [1.807, 2.05) is 0 Å². The molecule has 1 heterocycles. The van der Waals surface area contributed by atoms with Crippen molar-refractivity contribution in [2.45, 2.75) is 0 Å². The molecule has 0 fully saturated rings. The van der Waals surface area contributed by atoms with E-state index in [0.29, 0.717) is 5.69 Å². The van der Waals surface area contributed by atoms with Gasteiger partial charge in [0.15, 0.2) is 4.77 Å². The molecule has 9 heteroatoms. The molecule has 0 unspecified atom stereocenters. The Morgan fingerprint density at radius 3 is 2.48 bits per heavy atom. The molecule has 0 spiro atoms. The second-order valence-corrected chi connectivity index (χ2v) is 5.77. The molecule has 136 valence electrons. The van der Waals surface area contributed by atoms with Gasteiger partial charge in [0.1, 0.15) is 11.3 Å². The molecule has 3 aromatic rings. The van der Waals surface area contributed by atoms with Gasteiger partial charge in [0, 0.05) is 0 Å². The van der Waals surface area contributed by atoms with Crippen molar-refractivity contribution in [1.29, 1.82) is 0 Å². The van der Waals surface area contributed by atoms with Gasteiger partial charge < -0.3 is 10.2 Å². The van der Waals surface area contributed by atoms with Crippen LogP contribution in [0.1, 0.15) is 15.9 Å². The van der Waals surface area contributed by atoms with Crippen molar-refractivity contribution in [2.75, 3.05) is 0 Å². The van der Waals surface area contributed by atoms with Crippen molar-refractivity contribution in [1.82, 2.24) is 15.0 Å². The van der Waals surface area contributed by atoms with Crippen molar-refractivity contribution in [2.24, 2.45) is 5.10 Å². The van der Waals surface area contributed by atoms with Gasteiger partial charge in [-0.15, -0.1) is 0 Å². The van der Waals surface area contributed by atoms with Crippen molar-refractivity contribution >= 4 is 24.3 Å². The lowest BCUT2D eigenvalue weighted by atomic mass is 10.2. The number of benzene rings is 2. The first-order valence-electron chi connectivity index (χ1n) is 7.74. The molecule has 0 radical (unpaired) electrons.